The highest BCUT2D eigenvalue weighted by atomic mass is 16.6. The number of allylic oxidation sites excluding steroid dienone is 5. The van der Waals surface area contributed by atoms with E-state index in [9.17, 15) is 9.90 Å². The zero-order chi connectivity index (χ0) is 38.5. The van der Waals surface area contributed by atoms with Crippen molar-refractivity contribution in [1.29, 1.82) is 0 Å². The van der Waals surface area contributed by atoms with E-state index in [2.05, 4.69) is 67.0 Å². The summed E-state index contributed by atoms with van der Waals surface area (Å²) in [7, 11) is 0. The fraction of sp³-hybridized carbons (Fsp3) is 0.633. The summed E-state index contributed by atoms with van der Waals surface area (Å²) >= 11 is 0. The maximum absolute atomic E-state index is 15.8. The molecule has 0 amide bonds. The molecule has 8 nitrogen and oxygen atoms in total. The number of aliphatic hydroxyl groups is 1. The largest absolute Gasteiger partial charge is 0.508 e. The Kier molecular flexibility index (Phi) is 6.70. The van der Waals surface area contributed by atoms with Gasteiger partial charge in [0.2, 0.25) is 0 Å². The predicted octanol–water partition coefficient (Wildman–Crippen LogP) is 7.62. The SMILES string of the molecule is CC1CCC2=CC3C(C)CC4=C5C3C3=C2C26C(=O)OC(=C(O)C7CCC8C9CC(CN8C7C)C(C=C4)N5C9)C2(CC3)C2(OC(=O)c3c(CCCN)cccc32)C6C1. The third-order valence-electron chi connectivity index (χ3n) is 18.8. The number of aryl methyl sites for hydroxylation is 1. The summed E-state index contributed by atoms with van der Waals surface area (Å²) in [5.41, 5.74) is 12.4. The molecule has 1 aromatic rings. The summed E-state index contributed by atoms with van der Waals surface area (Å²) in [6, 6.07) is 7.19. The van der Waals surface area contributed by atoms with E-state index < -0.39 is 16.4 Å². The Labute approximate surface area is 336 Å². The lowest BCUT2D eigenvalue weighted by Gasteiger charge is -2.72. The molecule has 13 aliphatic rings. The Morgan fingerprint density at radius 1 is 1.04 bits per heavy atom. The number of nitrogens with zero attached hydrogens (tertiary/aromatic N) is 2. The van der Waals surface area contributed by atoms with E-state index >= 15 is 4.79 Å². The monoisotopic (exact) mass is 767 g/mol. The number of carbonyl (C=O) groups is 2. The number of benzene rings is 1. The summed E-state index contributed by atoms with van der Waals surface area (Å²) in [4.78, 5) is 36.1. The number of hydrogen-bond acceptors (Lipinski definition) is 8. The van der Waals surface area contributed by atoms with Gasteiger partial charge in [0, 0.05) is 54.2 Å². The van der Waals surface area contributed by atoms with E-state index in [-0.39, 0.29) is 41.5 Å². The van der Waals surface area contributed by atoms with Gasteiger partial charge in [-0.2, -0.15) is 0 Å². The van der Waals surface area contributed by atoms with Crippen LogP contribution in [0.25, 0.3) is 0 Å². The Bertz CT molecular complexity index is 2250. The number of hydrogen-bond donors (Lipinski definition) is 2. The molecule has 3 N–H and O–H groups in total. The van der Waals surface area contributed by atoms with Gasteiger partial charge in [0.15, 0.2) is 11.4 Å². The number of fused-ring (bicyclic) bond motifs is 4. The van der Waals surface area contributed by atoms with Crippen LogP contribution in [0.3, 0.4) is 0 Å². The number of esters is 2. The van der Waals surface area contributed by atoms with Gasteiger partial charge in [0.05, 0.1) is 17.0 Å². The molecule has 5 aliphatic carbocycles. The molecule has 4 saturated heterocycles. The van der Waals surface area contributed by atoms with Crippen molar-refractivity contribution < 1.29 is 24.2 Å². The minimum atomic E-state index is -1.13. The van der Waals surface area contributed by atoms with Crippen molar-refractivity contribution in [2.24, 2.45) is 63.9 Å². The summed E-state index contributed by atoms with van der Waals surface area (Å²) < 4.78 is 14.0. The fourth-order valence-corrected chi connectivity index (χ4v) is 16.8. The second-order valence-corrected chi connectivity index (χ2v) is 20.8. The van der Waals surface area contributed by atoms with Crippen molar-refractivity contribution in [3.8, 4) is 0 Å². The molecular weight excluding hydrogens is 711 g/mol. The molecule has 3 spiro atoms. The van der Waals surface area contributed by atoms with E-state index in [1.165, 1.54) is 28.7 Å². The molecule has 0 radical (unpaired) electrons. The van der Waals surface area contributed by atoms with Crippen molar-refractivity contribution in [3.63, 3.8) is 0 Å². The Morgan fingerprint density at radius 3 is 2.77 bits per heavy atom. The molecule has 0 aromatic heterocycles. The highest BCUT2D eigenvalue weighted by Crippen LogP contribution is 2.88. The van der Waals surface area contributed by atoms with Crippen LogP contribution in [0.1, 0.15) is 106 Å². The molecule has 15 atom stereocenters. The van der Waals surface area contributed by atoms with Crippen LogP contribution in [0.4, 0.5) is 0 Å². The third kappa shape index (κ3) is 3.67. The van der Waals surface area contributed by atoms with Gasteiger partial charge in [0.1, 0.15) is 11.2 Å². The summed E-state index contributed by atoms with van der Waals surface area (Å²) in [5, 5.41) is 13.2. The Balaban J connectivity index is 1.14. The molecule has 14 rings (SSSR count). The first-order valence-electron chi connectivity index (χ1n) is 22.8. The van der Waals surface area contributed by atoms with Gasteiger partial charge in [-0.15, -0.1) is 0 Å². The Hall–Kier alpha value is -3.62. The van der Waals surface area contributed by atoms with Crippen molar-refractivity contribution >= 4 is 11.9 Å². The highest BCUT2D eigenvalue weighted by molar-refractivity contribution is 6.01. The first-order chi connectivity index (χ1) is 27.6. The lowest BCUT2D eigenvalue weighted by molar-refractivity contribution is -0.279. The lowest BCUT2D eigenvalue weighted by atomic mass is 9.28. The summed E-state index contributed by atoms with van der Waals surface area (Å²) in [5.74, 6) is 2.17. The van der Waals surface area contributed by atoms with Crippen molar-refractivity contribution in [2.75, 3.05) is 19.6 Å². The minimum absolute atomic E-state index is 0.0886. The lowest BCUT2D eigenvalue weighted by Crippen LogP contribution is -2.77. The molecule has 8 heteroatoms. The minimum Gasteiger partial charge on any atom is -0.508 e. The second-order valence-electron chi connectivity index (χ2n) is 20.8. The molecule has 8 aliphatic heterocycles. The van der Waals surface area contributed by atoms with Crippen LogP contribution in [-0.2, 0) is 26.3 Å². The van der Waals surface area contributed by atoms with Crippen LogP contribution >= 0.6 is 0 Å². The topological polar surface area (TPSA) is 105 Å². The van der Waals surface area contributed by atoms with Crippen LogP contribution in [0.15, 0.2) is 75.9 Å². The van der Waals surface area contributed by atoms with Gasteiger partial charge in [-0.3, -0.25) is 9.69 Å². The number of piperidine rings is 3. The standard InChI is InChI=1S/C49H57N3O5/c1-24-9-10-28-21-34-25(2)19-29-11-13-37-30-20-31-23-52(37)42(29)40(34)33-15-16-47-44(43(53)32-12-14-36(31)51(22-30)26(32)3)56-46(55)48(47,41(28)33)38(18-24)49(47)35-8-4-6-27(7-5-17-50)39(35)45(54)57-49/h4,6,8,11,13,21,24-26,30-32,34,36-38,40,53H,5,7,9-10,12,14-20,22-23,50H2,1-3H3. The number of carbonyl (C=O) groups excluding carboxylic acids is 2. The zero-order valence-corrected chi connectivity index (χ0v) is 33.8. The van der Waals surface area contributed by atoms with Crippen molar-refractivity contribution in [2.45, 2.75) is 115 Å². The molecule has 298 valence electrons. The molecule has 10 bridgehead atoms. The van der Waals surface area contributed by atoms with E-state index in [0.717, 1.165) is 75.6 Å². The third-order valence-corrected chi connectivity index (χ3v) is 18.8. The molecular formula is C49H57N3O5. The zero-order valence-electron chi connectivity index (χ0n) is 33.8. The van der Waals surface area contributed by atoms with Crippen LogP contribution in [0, 0.1) is 58.2 Å². The van der Waals surface area contributed by atoms with E-state index in [0.29, 0.717) is 72.4 Å². The maximum atomic E-state index is 15.8. The normalized spacial score (nSPS) is 47.5. The number of nitrogens with two attached hydrogens (primary N) is 1. The van der Waals surface area contributed by atoms with Gasteiger partial charge in [-0.1, -0.05) is 55.8 Å². The molecule has 1 aromatic carbocycles. The molecule has 15 unspecified atom stereocenters. The smallest absolute Gasteiger partial charge is 0.339 e. The van der Waals surface area contributed by atoms with Crippen LogP contribution in [-0.4, -0.2) is 64.6 Å². The number of aliphatic hydroxyl groups excluding tert-OH is 1. The van der Waals surface area contributed by atoms with Crippen molar-refractivity contribution in [3.05, 3.63) is 92.6 Å². The number of rotatable bonds is 3. The van der Waals surface area contributed by atoms with Gasteiger partial charge >= 0.3 is 11.9 Å². The first-order valence-corrected chi connectivity index (χ1v) is 22.8. The summed E-state index contributed by atoms with van der Waals surface area (Å²) in [6.07, 6.45) is 17.5. The molecule has 2 saturated carbocycles. The maximum Gasteiger partial charge on any atom is 0.339 e. The van der Waals surface area contributed by atoms with Gasteiger partial charge in [0.25, 0.3) is 0 Å². The Morgan fingerprint density at radius 2 is 1.91 bits per heavy atom. The van der Waals surface area contributed by atoms with Crippen molar-refractivity contribution in [1.82, 2.24) is 9.80 Å². The van der Waals surface area contributed by atoms with Gasteiger partial charge in [-0.05, 0) is 136 Å². The van der Waals surface area contributed by atoms with E-state index in [1.54, 1.807) is 5.70 Å². The average Bonchev–Trinajstić information content (AvgIpc) is 3.66. The molecule has 57 heavy (non-hydrogen) atoms. The molecule has 8 heterocycles. The summed E-state index contributed by atoms with van der Waals surface area (Å²) in [6.45, 7) is 9.77. The predicted molar refractivity (Wildman–Crippen MR) is 214 cm³/mol. The second kappa shape index (κ2) is 11.1. The average molecular weight is 768 g/mol. The van der Waals surface area contributed by atoms with Crippen LogP contribution in [0.5, 0.6) is 0 Å². The van der Waals surface area contributed by atoms with Crippen LogP contribution in [0.2, 0.25) is 0 Å². The fourth-order valence-electron chi connectivity index (χ4n) is 16.8. The van der Waals surface area contributed by atoms with Gasteiger partial charge in [-0.25, -0.2) is 4.79 Å². The quantitative estimate of drug-likeness (QED) is 0.303. The van der Waals surface area contributed by atoms with Gasteiger partial charge < -0.3 is 25.2 Å². The highest BCUT2D eigenvalue weighted by Gasteiger charge is 2.94. The number of ether oxygens (including phenoxy) is 2. The van der Waals surface area contributed by atoms with E-state index in [4.69, 9.17) is 15.2 Å². The molecule has 6 fully saturated rings. The first kappa shape index (κ1) is 34.3. The van der Waals surface area contributed by atoms with Crippen LogP contribution < -0.4 is 5.73 Å². The van der Waals surface area contributed by atoms with E-state index in [1.807, 2.05) is 0 Å².